The summed E-state index contributed by atoms with van der Waals surface area (Å²) in [4.78, 5) is 0. The molecule has 0 spiro atoms. The molecule has 0 aromatic carbocycles. The average Bonchev–Trinajstić information content (AvgIpc) is 1.91. The Hall–Kier alpha value is 0.270. The summed E-state index contributed by atoms with van der Waals surface area (Å²) >= 11 is 4.73. The highest BCUT2D eigenvalue weighted by molar-refractivity contribution is 7.79. The lowest BCUT2D eigenvalue weighted by Crippen LogP contribution is -1.25. The predicted molar refractivity (Wildman–Crippen MR) is 33.0 cm³/mol. The lowest BCUT2D eigenvalue weighted by molar-refractivity contribution is 2.07. The molecule has 0 radical (unpaired) electrons. The molecular formula is C3H2S3. The highest BCUT2D eigenvalue weighted by atomic mass is 32.9. The van der Waals surface area contributed by atoms with Crippen LogP contribution in [0.25, 0.3) is 0 Å². The Kier molecular flexibility index (Phi) is 0.998. The molecule has 1 aromatic rings. The second-order valence-electron chi connectivity index (χ2n) is 0.729. The summed E-state index contributed by atoms with van der Waals surface area (Å²) in [6, 6.07) is 0.491. The monoisotopic (exact) mass is 136 g/mol. The first kappa shape index (κ1) is 3.29. The van der Waals surface area contributed by atoms with Crippen LogP contribution in [0.2, 0.25) is 0 Å². The zero-order chi connectivity index (χ0) is 5.28. The summed E-state index contributed by atoms with van der Waals surface area (Å²) in [6.07, 6.45) is 0. The van der Waals surface area contributed by atoms with Crippen molar-refractivity contribution in [2.45, 2.75) is 0 Å². The van der Waals surface area contributed by atoms with Gasteiger partial charge in [0.2, 0.25) is 0 Å². The first-order valence-electron chi connectivity index (χ1n) is 1.85. The van der Waals surface area contributed by atoms with E-state index >= 15 is 0 Å². The summed E-state index contributed by atoms with van der Waals surface area (Å²) in [7, 11) is 2.99. The summed E-state index contributed by atoms with van der Waals surface area (Å²) in [6.45, 7) is 0. The first-order chi connectivity index (χ1) is 3.30. The molecule has 0 aliphatic rings. The molecule has 0 fully saturated rings. The minimum absolute atomic E-state index is 0.491. The maximum absolute atomic E-state index is 7.02. The molecule has 0 amide bonds. The van der Waals surface area contributed by atoms with Gasteiger partial charge in [-0.25, -0.2) is 0 Å². The van der Waals surface area contributed by atoms with E-state index in [9.17, 15) is 0 Å². The first-order valence-corrected chi connectivity index (χ1v) is 3.97. The Bertz CT molecular complexity index is 198. The van der Waals surface area contributed by atoms with Crippen molar-refractivity contribution >= 4 is 32.9 Å². The van der Waals surface area contributed by atoms with E-state index < -0.39 is 0 Å². The molecule has 1 rings (SSSR count). The van der Waals surface area contributed by atoms with Crippen LogP contribution in [0.1, 0.15) is 1.37 Å². The Morgan fingerprint density at radius 1 is 2.00 bits per heavy atom. The van der Waals surface area contributed by atoms with E-state index in [-0.39, 0.29) is 0 Å². The maximum Gasteiger partial charge on any atom is 0.101 e. The molecular weight excluding hydrogens is 132 g/mol. The Morgan fingerprint density at radius 3 is 3.00 bits per heavy atom. The number of hydrogen-bond donors (Lipinski definition) is 0. The van der Waals surface area contributed by atoms with Crippen molar-refractivity contribution in [2.75, 3.05) is 0 Å². The third-order valence-electron chi connectivity index (χ3n) is 0.349. The van der Waals surface area contributed by atoms with Gasteiger partial charge in [-0.2, -0.15) is 0 Å². The molecule has 0 unspecified atom stereocenters. The lowest BCUT2D eigenvalue weighted by atomic mass is 10.8. The summed E-state index contributed by atoms with van der Waals surface area (Å²) in [5, 5.41) is 1.74. The molecule has 0 saturated heterocycles. The van der Waals surface area contributed by atoms with Gasteiger partial charge in [-0.3, -0.25) is 0 Å². The normalized spacial score (nSPS) is 11.0. The van der Waals surface area contributed by atoms with Crippen molar-refractivity contribution in [1.82, 2.24) is 0 Å². The molecule has 3 heteroatoms. The lowest BCUT2D eigenvalue weighted by Gasteiger charge is -1.46. The quantitative estimate of drug-likeness (QED) is 0.390. The fraction of sp³-hybridized carbons (Fsp3) is 0. The van der Waals surface area contributed by atoms with Crippen LogP contribution in [0.5, 0.6) is 0 Å². The molecule has 0 nitrogen and oxygen atoms in total. The topological polar surface area (TPSA) is 0 Å². The van der Waals surface area contributed by atoms with Crippen molar-refractivity contribution in [3.8, 4) is 0 Å². The van der Waals surface area contributed by atoms with Gasteiger partial charge < -0.3 is 0 Å². The summed E-state index contributed by atoms with van der Waals surface area (Å²) in [5.41, 5.74) is 0. The zero-order valence-electron chi connectivity index (χ0n) is 3.80. The van der Waals surface area contributed by atoms with Crippen molar-refractivity contribution < 1.29 is 1.37 Å². The van der Waals surface area contributed by atoms with Gasteiger partial charge in [-0.1, -0.05) is 32.9 Å². The van der Waals surface area contributed by atoms with Gasteiger partial charge in [0.15, 0.2) is 0 Å². The van der Waals surface area contributed by atoms with Crippen LogP contribution in [0.4, 0.5) is 0 Å². The highest BCUT2D eigenvalue weighted by Gasteiger charge is 1.70. The maximum atomic E-state index is 7.02. The van der Waals surface area contributed by atoms with Gasteiger partial charge >= 0.3 is 0 Å². The van der Waals surface area contributed by atoms with Gasteiger partial charge in [0.05, 0.1) is 1.37 Å². The molecule has 0 bridgehead atoms. The predicted octanol–water partition coefficient (Wildman–Crippen LogP) is 2.54. The minimum Gasteiger partial charge on any atom is -0.0872 e. The molecule has 1 aromatic heterocycles. The summed E-state index contributed by atoms with van der Waals surface area (Å²) < 4.78 is 7.72. The molecule has 0 atom stereocenters. The van der Waals surface area contributed by atoms with Crippen molar-refractivity contribution in [3.63, 3.8) is 0 Å². The molecule has 0 aliphatic heterocycles. The second-order valence-corrected chi connectivity index (χ2v) is 3.48. The van der Waals surface area contributed by atoms with E-state index in [2.05, 4.69) is 0 Å². The van der Waals surface area contributed by atoms with Crippen molar-refractivity contribution in [3.05, 3.63) is 15.2 Å². The van der Waals surface area contributed by atoms with E-state index in [1.807, 2.05) is 0 Å². The van der Waals surface area contributed by atoms with Crippen LogP contribution in [0, 0.1) is 3.82 Å². The molecule has 1 heterocycles. The van der Waals surface area contributed by atoms with Crippen LogP contribution in [-0.2, 0) is 0 Å². The van der Waals surface area contributed by atoms with E-state index in [4.69, 9.17) is 13.6 Å². The molecule has 0 N–H and O–H groups in total. The fourth-order valence-corrected chi connectivity index (χ4v) is 1.83. The van der Waals surface area contributed by atoms with Gasteiger partial charge in [-0.15, -0.1) is 0 Å². The van der Waals surface area contributed by atoms with Gasteiger partial charge in [0.1, 0.15) is 3.82 Å². The van der Waals surface area contributed by atoms with Crippen LogP contribution < -0.4 is 0 Å². The van der Waals surface area contributed by atoms with Crippen LogP contribution in [-0.4, -0.2) is 0 Å². The Labute approximate surface area is 49.9 Å². The molecule has 0 aliphatic carbocycles. The molecule has 0 saturated carbocycles. The zero-order valence-corrected chi connectivity index (χ0v) is 5.25. The second kappa shape index (κ2) is 1.82. The Morgan fingerprint density at radius 2 is 2.83 bits per heavy atom. The largest absolute Gasteiger partial charge is 0.101 e. The third-order valence-corrected chi connectivity index (χ3v) is 2.69. The molecule has 6 heavy (non-hydrogen) atoms. The smallest absolute Gasteiger partial charge is 0.0872 e. The minimum atomic E-state index is 0.491. The summed E-state index contributed by atoms with van der Waals surface area (Å²) in [5.74, 6) is 0. The van der Waals surface area contributed by atoms with Crippen molar-refractivity contribution in [2.24, 2.45) is 0 Å². The number of rotatable bonds is 0. The van der Waals surface area contributed by atoms with Crippen molar-refractivity contribution in [1.29, 1.82) is 0 Å². The van der Waals surface area contributed by atoms with Crippen LogP contribution in [0.15, 0.2) is 11.4 Å². The fourth-order valence-electron chi connectivity index (χ4n) is 0.164. The number of hydrogen-bond acceptors (Lipinski definition) is 3. The van der Waals surface area contributed by atoms with Gasteiger partial charge in [-0.05, 0) is 6.04 Å². The Balaban J connectivity index is 3.39. The van der Waals surface area contributed by atoms with Gasteiger partial charge in [0.25, 0.3) is 0 Å². The third kappa shape index (κ3) is 0.864. The average molecular weight is 136 g/mol. The highest BCUT2D eigenvalue weighted by Crippen LogP contribution is 2.07. The SMILES string of the molecule is [3H]c1cssc1=S. The van der Waals surface area contributed by atoms with Crippen LogP contribution in [0.3, 0.4) is 0 Å². The molecule has 32 valence electrons. The van der Waals surface area contributed by atoms with Gasteiger partial charge in [0, 0.05) is 5.38 Å². The van der Waals surface area contributed by atoms with Crippen LogP contribution >= 0.6 is 32.9 Å². The van der Waals surface area contributed by atoms with E-state index in [0.29, 0.717) is 9.87 Å². The van der Waals surface area contributed by atoms with E-state index in [1.54, 1.807) is 5.38 Å². The van der Waals surface area contributed by atoms with E-state index in [1.165, 1.54) is 20.7 Å². The van der Waals surface area contributed by atoms with E-state index in [0.717, 1.165) is 0 Å². The standard InChI is InChI=1S/C3H2S3/c4-3-1-2-5-6-3/h1-2H/i1T.